The molecule has 0 rings (SSSR count). The molecule has 22 heavy (non-hydrogen) atoms. The third-order valence-electron chi connectivity index (χ3n) is 4.07. The van der Waals surface area contributed by atoms with Crippen LogP contribution in [0.25, 0.3) is 0 Å². The van der Waals surface area contributed by atoms with E-state index in [9.17, 15) is 8.42 Å². The number of hydrogen-bond acceptors (Lipinski definition) is 4. The summed E-state index contributed by atoms with van der Waals surface area (Å²) in [6, 6.07) is 0. The summed E-state index contributed by atoms with van der Waals surface area (Å²) in [6.07, 6.45) is 15.1. The predicted molar refractivity (Wildman–Crippen MR) is 92.1 cm³/mol. The molecule has 0 aromatic heterocycles. The SMILES string of the molecule is CCCCCCCCCC(C)CCCCCOS(=O)(=O)OC. The van der Waals surface area contributed by atoms with Crippen LogP contribution < -0.4 is 0 Å². The van der Waals surface area contributed by atoms with Crippen molar-refractivity contribution < 1.29 is 16.8 Å². The van der Waals surface area contributed by atoms with Crippen LogP contribution in [0.2, 0.25) is 0 Å². The zero-order chi connectivity index (χ0) is 16.7. The molecule has 0 aliphatic carbocycles. The van der Waals surface area contributed by atoms with Crippen molar-refractivity contribution in [2.45, 2.75) is 90.9 Å². The van der Waals surface area contributed by atoms with E-state index in [4.69, 9.17) is 0 Å². The lowest BCUT2D eigenvalue weighted by molar-refractivity contribution is 0.237. The fourth-order valence-electron chi connectivity index (χ4n) is 2.57. The Morgan fingerprint density at radius 3 is 1.86 bits per heavy atom. The lowest BCUT2D eigenvalue weighted by Gasteiger charge is -2.11. The zero-order valence-electron chi connectivity index (χ0n) is 14.8. The van der Waals surface area contributed by atoms with Crippen LogP contribution in [0.1, 0.15) is 90.9 Å². The molecule has 1 atom stereocenters. The summed E-state index contributed by atoms with van der Waals surface area (Å²) in [7, 11) is -2.63. The van der Waals surface area contributed by atoms with Gasteiger partial charge < -0.3 is 0 Å². The predicted octanol–water partition coefficient (Wildman–Crippen LogP) is 5.23. The molecule has 0 spiro atoms. The van der Waals surface area contributed by atoms with Crippen molar-refractivity contribution in [2.75, 3.05) is 13.7 Å². The lowest BCUT2D eigenvalue weighted by Crippen LogP contribution is -2.08. The van der Waals surface area contributed by atoms with E-state index in [1.165, 1.54) is 57.8 Å². The largest absolute Gasteiger partial charge is 0.399 e. The van der Waals surface area contributed by atoms with Crippen LogP contribution in [-0.4, -0.2) is 22.1 Å². The second-order valence-corrected chi connectivity index (χ2v) is 7.65. The maximum Gasteiger partial charge on any atom is 0.399 e. The first kappa shape index (κ1) is 21.9. The molecule has 5 heteroatoms. The maximum atomic E-state index is 10.9. The molecule has 4 nitrogen and oxygen atoms in total. The minimum Gasteiger partial charge on any atom is -0.252 e. The van der Waals surface area contributed by atoms with Gasteiger partial charge in [0.2, 0.25) is 0 Å². The lowest BCUT2D eigenvalue weighted by atomic mass is 9.96. The molecule has 1 unspecified atom stereocenters. The van der Waals surface area contributed by atoms with E-state index in [2.05, 4.69) is 22.2 Å². The molecule has 0 heterocycles. The minimum absolute atomic E-state index is 0.225. The van der Waals surface area contributed by atoms with Gasteiger partial charge in [0.15, 0.2) is 0 Å². The van der Waals surface area contributed by atoms with Crippen LogP contribution in [0.5, 0.6) is 0 Å². The Labute approximate surface area is 138 Å². The minimum atomic E-state index is -3.75. The van der Waals surface area contributed by atoms with Gasteiger partial charge in [-0.3, -0.25) is 4.18 Å². The van der Waals surface area contributed by atoms with Crippen LogP contribution >= 0.6 is 0 Å². The van der Waals surface area contributed by atoms with Gasteiger partial charge in [0.25, 0.3) is 0 Å². The summed E-state index contributed by atoms with van der Waals surface area (Å²) in [6.45, 7) is 4.80. The van der Waals surface area contributed by atoms with Gasteiger partial charge in [-0.05, 0) is 12.3 Å². The summed E-state index contributed by atoms with van der Waals surface area (Å²) in [5, 5.41) is 0. The molecule has 134 valence electrons. The molecule has 0 saturated carbocycles. The highest BCUT2D eigenvalue weighted by Gasteiger charge is 2.08. The van der Waals surface area contributed by atoms with E-state index >= 15 is 0 Å². The first-order valence-electron chi connectivity index (χ1n) is 8.96. The van der Waals surface area contributed by atoms with Crippen molar-refractivity contribution in [2.24, 2.45) is 5.92 Å². The molecular formula is C17H36O4S. The van der Waals surface area contributed by atoms with Crippen LogP contribution in [0.3, 0.4) is 0 Å². The van der Waals surface area contributed by atoms with E-state index < -0.39 is 10.4 Å². The molecule has 0 radical (unpaired) electrons. The Kier molecular flexibility index (Phi) is 14.4. The number of unbranched alkanes of at least 4 members (excludes halogenated alkanes) is 8. The second-order valence-electron chi connectivity index (χ2n) is 6.26. The van der Waals surface area contributed by atoms with Gasteiger partial charge in [-0.1, -0.05) is 84.5 Å². The van der Waals surface area contributed by atoms with E-state index in [1.54, 1.807) is 0 Å². The molecule has 0 saturated heterocycles. The fourth-order valence-corrected chi connectivity index (χ4v) is 2.99. The normalized spacial score (nSPS) is 13.4. The highest BCUT2D eigenvalue weighted by atomic mass is 32.3. The molecule has 0 aliphatic rings. The molecule has 0 aromatic rings. The molecular weight excluding hydrogens is 300 g/mol. The standard InChI is InChI=1S/C17H36O4S/c1-4-5-6-7-8-9-11-14-17(2)15-12-10-13-16-21-22(18,19)20-3/h17H,4-16H2,1-3H3. The number of hydrogen-bond donors (Lipinski definition) is 0. The van der Waals surface area contributed by atoms with Gasteiger partial charge in [0.1, 0.15) is 0 Å². The fraction of sp³-hybridized carbons (Fsp3) is 1.00. The van der Waals surface area contributed by atoms with Gasteiger partial charge in [0, 0.05) is 0 Å². The first-order chi connectivity index (χ1) is 10.5. The van der Waals surface area contributed by atoms with Gasteiger partial charge in [-0.25, -0.2) is 4.18 Å². The van der Waals surface area contributed by atoms with Crippen LogP contribution in [-0.2, 0) is 18.8 Å². The van der Waals surface area contributed by atoms with E-state index in [1.807, 2.05) is 0 Å². The average Bonchev–Trinajstić information content (AvgIpc) is 2.49. The average molecular weight is 337 g/mol. The third-order valence-corrected chi connectivity index (χ3v) is 4.94. The van der Waals surface area contributed by atoms with Crippen LogP contribution in [0, 0.1) is 5.92 Å². The summed E-state index contributed by atoms with van der Waals surface area (Å²) in [5.74, 6) is 0.777. The molecule has 0 N–H and O–H groups in total. The van der Waals surface area contributed by atoms with Gasteiger partial charge in [-0.15, -0.1) is 0 Å². The van der Waals surface area contributed by atoms with Crippen LogP contribution in [0.15, 0.2) is 0 Å². The van der Waals surface area contributed by atoms with E-state index in [-0.39, 0.29) is 6.61 Å². The van der Waals surface area contributed by atoms with Crippen LogP contribution in [0.4, 0.5) is 0 Å². The van der Waals surface area contributed by atoms with E-state index in [0.717, 1.165) is 32.3 Å². The Morgan fingerprint density at radius 1 is 0.818 bits per heavy atom. The number of rotatable bonds is 16. The van der Waals surface area contributed by atoms with E-state index in [0.29, 0.717) is 0 Å². The molecule has 0 aromatic carbocycles. The van der Waals surface area contributed by atoms with Gasteiger partial charge in [0.05, 0.1) is 13.7 Å². The summed E-state index contributed by atoms with van der Waals surface area (Å²) >= 11 is 0. The quantitative estimate of drug-likeness (QED) is 0.362. The third kappa shape index (κ3) is 14.8. The second kappa shape index (κ2) is 14.5. The van der Waals surface area contributed by atoms with Crippen molar-refractivity contribution in [1.82, 2.24) is 0 Å². The Morgan fingerprint density at radius 2 is 1.32 bits per heavy atom. The molecule has 0 bridgehead atoms. The van der Waals surface area contributed by atoms with Gasteiger partial charge >= 0.3 is 10.4 Å². The van der Waals surface area contributed by atoms with Crippen molar-refractivity contribution in [3.63, 3.8) is 0 Å². The summed E-state index contributed by atoms with van der Waals surface area (Å²) < 4.78 is 30.7. The monoisotopic (exact) mass is 336 g/mol. The molecule has 0 amide bonds. The van der Waals surface area contributed by atoms with Crippen molar-refractivity contribution in [3.05, 3.63) is 0 Å². The first-order valence-corrected chi connectivity index (χ1v) is 10.3. The highest BCUT2D eigenvalue weighted by Crippen LogP contribution is 2.17. The van der Waals surface area contributed by atoms with Crippen molar-refractivity contribution in [1.29, 1.82) is 0 Å². The Balaban J connectivity index is 3.31. The van der Waals surface area contributed by atoms with Gasteiger partial charge in [-0.2, -0.15) is 8.42 Å². The molecule has 0 fully saturated rings. The zero-order valence-corrected chi connectivity index (χ0v) is 15.6. The summed E-state index contributed by atoms with van der Waals surface area (Å²) in [5.41, 5.74) is 0. The van der Waals surface area contributed by atoms with Crippen molar-refractivity contribution in [3.8, 4) is 0 Å². The maximum absolute atomic E-state index is 10.9. The molecule has 0 aliphatic heterocycles. The topological polar surface area (TPSA) is 52.6 Å². The Bertz CT molecular complexity index is 328. The highest BCUT2D eigenvalue weighted by molar-refractivity contribution is 7.81. The Hall–Kier alpha value is -0.130. The van der Waals surface area contributed by atoms with Crippen molar-refractivity contribution >= 4 is 10.4 Å². The smallest absolute Gasteiger partial charge is 0.252 e. The summed E-state index contributed by atoms with van der Waals surface area (Å²) in [4.78, 5) is 0.